The van der Waals surface area contributed by atoms with Crippen LogP contribution >= 0.6 is 22.9 Å². The van der Waals surface area contributed by atoms with Crippen LogP contribution in [0.3, 0.4) is 0 Å². The number of aliphatic hydroxyl groups is 2. The Hall–Kier alpha value is -2.36. The lowest BCUT2D eigenvalue weighted by Crippen LogP contribution is -2.45. The molecule has 7 rings (SSSR count). The van der Waals surface area contributed by atoms with Crippen molar-refractivity contribution in [2.24, 2.45) is 23.7 Å². The van der Waals surface area contributed by atoms with Crippen LogP contribution in [-0.4, -0.2) is 66.5 Å². The normalized spacial score (nSPS) is 29.4. The second-order valence-electron chi connectivity index (χ2n) is 12.2. The molecule has 0 radical (unpaired) electrons. The van der Waals surface area contributed by atoms with Crippen molar-refractivity contribution in [2.45, 2.75) is 57.3 Å². The van der Waals surface area contributed by atoms with E-state index in [9.17, 15) is 10.2 Å². The molecule has 1 aliphatic heterocycles. The van der Waals surface area contributed by atoms with E-state index in [1.165, 1.54) is 24.9 Å². The molecule has 9 heteroatoms. The molecule has 1 saturated heterocycles. The molecule has 2 N–H and O–H groups in total. The van der Waals surface area contributed by atoms with Crippen LogP contribution in [-0.2, 0) is 6.42 Å². The molecule has 210 valence electrons. The van der Waals surface area contributed by atoms with Crippen molar-refractivity contribution in [3.63, 3.8) is 0 Å². The van der Waals surface area contributed by atoms with Gasteiger partial charge in [-0.2, -0.15) is 4.98 Å². The average Bonchev–Trinajstić information content (AvgIpc) is 3.40. The zero-order valence-corrected chi connectivity index (χ0v) is 24.3. The van der Waals surface area contributed by atoms with Crippen molar-refractivity contribution in [1.29, 1.82) is 0 Å². The van der Waals surface area contributed by atoms with E-state index in [1.54, 1.807) is 17.5 Å². The van der Waals surface area contributed by atoms with Crippen LogP contribution in [0.4, 0.5) is 0 Å². The van der Waals surface area contributed by atoms with Gasteiger partial charge < -0.3 is 19.7 Å². The van der Waals surface area contributed by atoms with Crippen LogP contribution in [0.25, 0.3) is 21.6 Å². The SMILES string of the molecule is CC1CCN(CC2CC2)CC1[C@H]1C[C@@H](n2cc(-c3nc(Cc4ccccc4)cs3)c3cnc(Cl)nc32)[C@H](O)[C@@H]1O. The van der Waals surface area contributed by atoms with Crippen molar-refractivity contribution in [2.75, 3.05) is 19.6 Å². The van der Waals surface area contributed by atoms with E-state index in [2.05, 4.69) is 39.3 Å². The van der Waals surface area contributed by atoms with Gasteiger partial charge in [0.2, 0.25) is 5.28 Å². The number of aliphatic hydroxyl groups excluding tert-OH is 2. The summed E-state index contributed by atoms with van der Waals surface area (Å²) >= 11 is 7.88. The molecular weight excluding hydrogens is 542 g/mol. The van der Waals surface area contributed by atoms with Gasteiger partial charge in [0.15, 0.2) is 0 Å². The Balaban J connectivity index is 1.19. The molecule has 2 unspecified atom stereocenters. The predicted octanol–water partition coefficient (Wildman–Crippen LogP) is 5.45. The highest BCUT2D eigenvalue weighted by atomic mass is 35.5. The smallest absolute Gasteiger partial charge is 0.224 e. The average molecular weight is 578 g/mol. The summed E-state index contributed by atoms with van der Waals surface area (Å²) in [5, 5.41) is 26.8. The Bertz CT molecular complexity index is 1490. The van der Waals surface area contributed by atoms with Gasteiger partial charge in [0, 0.05) is 48.2 Å². The number of piperidine rings is 1. The first kappa shape index (κ1) is 26.5. The number of aromatic nitrogens is 4. The first-order valence-corrected chi connectivity index (χ1v) is 15.8. The third-order valence-electron chi connectivity index (χ3n) is 9.47. The summed E-state index contributed by atoms with van der Waals surface area (Å²) in [6.07, 6.45) is 7.47. The third-order valence-corrected chi connectivity index (χ3v) is 10.6. The number of nitrogens with zero attached hydrogens (tertiary/aromatic N) is 5. The highest BCUT2D eigenvalue weighted by Crippen LogP contribution is 2.46. The van der Waals surface area contributed by atoms with E-state index in [-0.39, 0.29) is 17.2 Å². The molecule has 3 aliphatic rings. The van der Waals surface area contributed by atoms with Gasteiger partial charge in [-0.05, 0) is 73.1 Å². The van der Waals surface area contributed by atoms with E-state index in [4.69, 9.17) is 16.6 Å². The number of hydrogen-bond donors (Lipinski definition) is 2. The third kappa shape index (κ3) is 5.09. The molecule has 4 aromatic rings. The fraction of sp³-hybridized carbons (Fsp3) is 0.516. The Morgan fingerprint density at radius 3 is 2.67 bits per heavy atom. The molecule has 4 heterocycles. The number of fused-ring (bicyclic) bond motifs is 1. The summed E-state index contributed by atoms with van der Waals surface area (Å²) in [7, 11) is 0. The highest BCUT2D eigenvalue weighted by molar-refractivity contribution is 7.13. The number of benzene rings is 1. The summed E-state index contributed by atoms with van der Waals surface area (Å²) < 4.78 is 2.03. The molecule has 2 saturated carbocycles. The van der Waals surface area contributed by atoms with Gasteiger partial charge in [0.05, 0.1) is 17.8 Å². The van der Waals surface area contributed by atoms with Crippen LogP contribution < -0.4 is 0 Å². The monoisotopic (exact) mass is 577 g/mol. The molecule has 40 heavy (non-hydrogen) atoms. The number of rotatable bonds is 7. The Morgan fingerprint density at radius 2 is 1.88 bits per heavy atom. The maximum atomic E-state index is 11.4. The Labute approximate surface area is 243 Å². The van der Waals surface area contributed by atoms with E-state index in [1.807, 2.05) is 29.0 Å². The molecule has 2 aliphatic carbocycles. The van der Waals surface area contributed by atoms with Crippen LogP contribution in [0.2, 0.25) is 5.28 Å². The van der Waals surface area contributed by atoms with E-state index in [0.717, 1.165) is 53.5 Å². The van der Waals surface area contributed by atoms with Gasteiger partial charge in [0.25, 0.3) is 0 Å². The van der Waals surface area contributed by atoms with Crippen molar-refractivity contribution < 1.29 is 10.2 Å². The summed E-state index contributed by atoms with van der Waals surface area (Å²) in [5.41, 5.74) is 3.85. The number of likely N-dealkylation sites (tertiary alicyclic amines) is 1. The minimum Gasteiger partial charge on any atom is -0.390 e. The summed E-state index contributed by atoms with van der Waals surface area (Å²) in [6, 6.07) is 10.0. The first-order valence-electron chi connectivity index (χ1n) is 14.5. The zero-order valence-electron chi connectivity index (χ0n) is 22.7. The molecule has 3 aromatic heterocycles. The minimum atomic E-state index is -0.877. The Morgan fingerprint density at radius 1 is 1.05 bits per heavy atom. The van der Waals surface area contributed by atoms with Gasteiger partial charge in [-0.25, -0.2) is 9.97 Å². The lowest BCUT2D eigenvalue weighted by atomic mass is 9.76. The molecule has 0 spiro atoms. The van der Waals surface area contributed by atoms with Crippen molar-refractivity contribution >= 4 is 34.0 Å². The van der Waals surface area contributed by atoms with Gasteiger partial charge in [-0.1, -0.05) is 37.3 Å². The zero-order chi connectivity index (χ0) is 27.4. The summed E-state index contributed by atoms with van der Waals surface area (Å²) in [4.78, 5) is 16.4. The lowest BCUT2D eigenvalue weighted by Gasteiger charge is -2.41. The number of hydrogen-bond acceptors (Lipinski definition) is 7. The fourth-order valence-corrected chi connectivity index (χ4v) is 8.02. The predicted molar refractivity (Wildman–Crippen MR) is 158 cm³/mol. The molecular formula is C31H36ClN5O2S. The van der Waals surface area contributed by atoms with Gasteiger partial charge >= 0.3 is 0 Å². The van der Waals surface area contributed by atoms with Gasteiger partial charge in [-0.3, -0.25) is 0 Å². The minimum absolute atomic E-state index is 0.0348. The lowest BCUT2D eigenvalue weighted by molar-refractivity contribution is -0.0248. The van der Waals surface area contributed by atoms with Crippen LogP contribution in [0.5, 0.6) is 0 Å². The molecule has 6 atom stereocenters. The van der Waals surface area contributed by atoms with Crippen LogP contribution in [0.15, 0.2) is 48.1 Å². The Kier molecular flexibility index (Phi) is 7.17. The highest BCUT2D eigenvalue weighted by Gasteiger charge is 2.48. The van der Waals surface area contributed by atoms with Crippen molar-refractivity contribution in [1.82, 2.24) is 24.4 Å². The van der Waals surface area contributed by atoms with Gasteiger partial charge in [-0.15, -0.1) is 11.3 Å². The quantitative estimate of drug-likeness (QED) is 0.284. The molecule has 0 bridgehead atoms. The van der Waals surface area contributed by atoms with Crippen LogP contribution in [0, 0.1) is 23.7 Å². The second-order valence-corrected chi connectivity index (χ2v) is 13.4. The maximum Gasteiger partial charge on any atom is 0.224 e. The van der Waals surface area contributed by atoms with Crippen molar-refractivity contribution in [3.8, 4) is 10.6 Å². The summed E-state index contributed by atoms with van der Waals surface area (Å²) in [6.45, 7) is 5.65. The summed E-state index contributed by atoms with van der Waals surface area (Å²) in [5.74, 6) is 1.77. The van der Waals surface area contributed by atoms with Gasteiger partial charge in [0.1, 0.15) is 16.8 Å². The van der Waals surface area contributed by atoms with E-state index in [0.29, 0.717) is 23.9 Å². The van der Waals surface area contributed by atoms with E-state index >= 15 is 0 Å². The molecule has 0 amide bonds. The van der Waals surface area contributed by atoms with Crippen molar-refractivity contribution in [3.05, 3.63) is 64.6 Å². The standard InChI is InChI=1S/C31H36ClN5O2S/c1-18-9-10-36(14-20-7-8-20)15-24(18)22-12-26(28(39)27(22)38)37-16-25(23-13-33-31(32)35-29(23)37)30-34-21(17-40-30)11-19-5-3-2-4-6-19/h2-6,13,16-18,20,22,24,26-28,38-39H,7-12,14-15H2,1H3/t18?,22-,24?,26-,27-,28+/m1/s1. The number of thiazole rings is 1. The second kappa shape index (κ2) is 10.8. The number of halogens is 1. The fourth-order valence-electron chi connectivity index (χ4n) is 7.05. The molecule has 3 fully saturated rings. The topological polar surface area (TPSA) is 87.3 Å². The maximum absolute atomic E-state index is 11.4. The molecule has 1 aromatic carbocycles. The largest absolute Gasteiger partial charge is 0.390 e. The van der Waals surface area contributed by atoms with E-state index < -0.39 is 12.2 Å². The first-order chi connectivity index (χ1) is 19.4. The molecule has 7 nitrogen and oxygen atoms in total. The van der Waals surface area contributed by atoms with Crippen LogP contribution in [0.1, 0.15) is 49.9 Å².